The molecule has 0 amide bonds. The third-order valence-corrected chi connectivity index (χ3v) is 0. The van der Waals surface area contributed by atoms with Crippen LogP contribution in [0, 0.1) is 0 Å². The Morgan fingerprint density at radius 3 is 0.122 bits per heavy atom. The molecule has 0 aliphatic rings. The molecule has 0 aliphatic heterocycles. The molecule has 248 valence electrons. The van der Waals surface area contributed by atoms with Gasteiger partial charge in [-0.2, -0.15) is 13.5 Å². The van der Waals surface area contributed by atoms with Crippen molar-refractivity contribution in [2.75, 3.05) is 0 Å². The Hall–Kier alpha value is -0.201. The molecule has 0 aromatic rings. The van der Waals surface area contributed by atoms with Gasteiger partial charge in [-0.05, 0) is 0 Å². The van der Waals surface area contributed by atoms with Crippen LogP contribution in [0.25, 0.3) is 0 Å². The fraction of sp³-hybridized carbons (Fsp3) is 0. The van der Waals surface area contributed by atoms with Gasteiger partial charge >= 0.3 is 73.2 Å². The predicted octanol–water partition coefficient (Wildman–Crippen LogP) is -20.4. The van der Waals surface area contributed by atoms with Crippen LogP contribution in [0.3, 0.4) is 0 Å². The van der Waals surface area contributed by atoms with Crippen molar-refractivity contribution >= 4 is 86.7 Å². The summed E-state index contributed by atoms with van der Waals surface area (Å²) in [7, 11) is -21.7. The van der Waals surface area contributed by atoms with Crippen LogP contribution in [0.1, 0.15) is 0 Å². The van der Waals surface area contributed by atoms with Gasteiger partial charge in [0.25, 0.3) is 0 Å². The quantitative estimate of drug-likeness (QED) is 0.108. The van der Waals surface area contributed by atoms with Crippen molar-refractivity contribution in [1.29, 1.82) is 0 Å². The highest BCUT2D eigenvalue weighted by atomic mass is 32.1. The lowest BCUT2D eigenvalue weighted by atomic mass is 10.3. The van der Waals surface area contributed by atoms with Gasteiger partial charge in [0.2, 0.25) is 0 Å². The third-order valence-electron chi connectivity index (χ3n) is 0. The molecule has 41 heavy (non-hydrogen) atoms. The molecule has 0 saturated heterocycles. The van der Waals surface area contributed by atoms with E-state index in [-0.39, 0.29) is 13.5 Å². The lowest BCUT2D eigenvalue weighted by Crippen LogP contribution is -2.07. The summed E-state index contributed by atoms with van der Waals surface area (Å²) in [5.74, 6) is 0. The second kappa shape index (κ2) is 67.5. The molecule has 30 nitrogen and oxygen atoms in total. The van der Waals surface area contributed by atoms with Gasteiger partial charge in [-0.25, -0.2) is 0 Å². The number of hydrogen-bond acceptors (Lipinski definition) is 30. The SMILES string of the molecule is OB(O)O.OB(O)O.OB(O)O.OB(O)O.OB(O)O.OB(O)O.OB(O)O.OB(O)O.OB(O)O.OB(O)O.S. The van der Waals surface area contributed by atoms with Gasteiger partial charge in [0, 0.05) is 0 Å². The molecule has 0 bridgehead atoms. The number of hydrogen-bond donors (Lipinski definition) is 30. The summed E-state index contributed by atoms with van der Waals surface area (Å²) in [4.78, 5) is 0. The molecule has 0 spiro atoms. The first-order valence-corrected chi connectivity index (χ1v) is 7.75. The summed E-state index contributed by atoms with van der Waals surface area (Å²) in [6.07, 6.45) is 0. The molecular weight excluding hydrogens is 620 g/mol. The molecule has 0 heterocycles. The Labute approximate surface area is 238 Å². The van der Waals surface area contributed by atoms with Gasteiger partial charge in [0.05, 0.1) is 0 Å². The van der Waals surface area contributed by atoms with Crippen molar-refractivity contribution in [2.45, 2.75) is 0 Å². The highest BCUT2D eigenvalue weighted by molar-refractivity contribution is 7.59. The lowest BCUT2D eigenvalue weighted by molar-refractivity contribution is 0.276. The highest BCUT2D eigenvalue weighted by Crippen LogP contribution is 1.43. The van der Waals surface area contributed by atoms with E-state index in [0.29, 0.717) is 0 Å². The van der Waals surface area contributed by atoms with Crippen LogP contribution in [0.15, 0.2) is 0 Å². The first-order chi connectivity index (χ1) is 17.3. The third kappa shape index (κ3) is 1410000. The lowest BCUT2D eigenvalue weighted by Gasteiger charge is -1.69. The monoisotopic (exact) mass is 654 g/mol. The summed E-state index contributed by atoms with van der Waals surface area (Å²) >= 11 is 0. The smallest absolute Gasteiger partial charge is 0.402 e. The molecule has 0 atom stereocenters. The summed E-state index contributed by atoms with van der Waals surface area (Å²) in [5, 5.41) is 215. The van der Waals surface area contributed by atoms with E-state index in [2.05, 4.69) is 0 Å². The van der Waals surface area contributed by atoms with Gasteiger partial charge in [0.15, 0.2) is 0 Å². The van der Waals surface area contributed by atoms with Crippen molar-refractivity contribution in [1.82, 2.24) is 0 Å². The fourth-order valence-electron chi connectivity index (χ4n) is 0. The van der Waals surface area contributed by atoms with Crippen molar-refractivity contribution in [3.05, 3.63) is 0 Å². The molecule has 0 aromatic carbocycles. The molecule has 0 unspecified atom stereocenters. The van der Waals surface area contributed by atoms with E-state index in [1.165, 1.54) is 0 Å². The van der Waals surface area contributed by atoms with E-state index in [0.717, 1.165) is 0 Å². The van der Waals surface area contributed by atoms with Gasteiger partial charge in [-0.3, -0.25) is 0 Å². The minimum Gasteiger partial charge on any atom is -0.402 e. The first-order valence-electron chi connectivity index (χ1n) is 7.75. The summed E-state index contributed by atoms with van der Waals surface area (Å²) in [5.41, 5.74) is 0. The maximum atomic E-state index is 7.17. The van der Waals surface area contributed by atoms with Crippen LogP contribution in [-0.2, 0) is 0 Å². The normalized spacial score (nSPS) is 6.59. The second-order valence-electron chi connectivity index (χ2n) is 3.46. The van der Waals surface area contributed by atoms with Crippen LogP contribution in [-0.4, -0.2) is 224 Å². The topological polar surface area (TPSA) is 607 Å². The average Bonchev–Trinajstić information content (AvgIpc) is 2.47. The van der Waals surface area contributed by atoms with E-state index in [9.17, 15) is 0 Å². The Bertz CT molecular complexity index is 186. The van der Waals surface area contributed by atoms with Crippen LogP contribution in [0.4, 0.5) is 0 Å². The van der Waals surface area contributed by atoms with E-state index < -0.39 is 73.2 Å². The Balaban J connectivity index is -0.0000000270. The van der Waals surface area contributed by atoms with Gasteiger partial charge in [-0.15, -0.1) is 0 Å². The standard InChI is InChI=1S/10BH3O3.H2S/c10*2-1(3)4;/h10*2-4H;1H2. The Morgan fingerprint density at radius 2 is 0.122 bits per heavy atom. The molecule has 0 fully saturated rings. The van der Waals surface area contributed by atoms with Crippen molar-refractivity contribution in [2.24, 2.45) is 0 Å². The van der Waals surface area contributed by atoms with Crippen LogP contribution in [0.5, 0.6) is 0 Å². The van der Waals surface area contributed by atoms with Crippen LogP contribution < -0.4 is 0 Å². The maximum absolute atomic E-state index is 7.17. The summed E-state index contributed by atoms with van der Waals surface area (Å²) < 4.78 is 0. The van der Waals surface area contributed by atoms with Crippen LogP contribution in [0.2, 0.25) is 0 Å². The van der Waals surface area contributed by atoms with Crippen molar-refractivity contribution < 1.29 is 151 Å². The van der Waals surface area contributed by atoms with E-state index in [4.69, 9.17) is 151 Å². The molecule has 0 saturated carbocycles. The molecule has 41 heteroatoms. The minimum absolute atomic E-state index is 0. The molecule has 30 N–H and O–H groups in total. The molecule has 0 aromatic heterocycles. The van der Waals surface area contributed by atoms with Gasteiger partial charge in [0.1, 0.15) is 0 Å². The van der Waals surface area contributed by atoms with E-state index in [1.807, 2.05) is 0 Å². The zero-order valence-electron chi connectivity index (χ0n) is 19.7. The van der Waals surface area contributed by atoms with Gasteiger partial charge < -0.3 is 151 Å². The second-order valence-corrected chi connectivity index (χ2v) is 3.46. The predicted molar refractivity (Wildman–Crippen MR) is 134 cm³/mol. The molecule has 0 rings (SSSR count). The molecule has 0 aliphatic carbocycles. The molecular formula is H32B10O30S. The summed E-state index contributed by atoms with van der Waals surface area (Å²) in [6, 6.07) is 0. The van der Waals surface area contributed by atoms with Crippen LogP contribution >= 0.6 is 13.5 Å². The maximum Gasteiger partial charge on any atom is 0.631 e. The summed E-state index contributed by atoms with van der Waals surface area (Å²) in [6.45, 7) is 0. The Kier molecular flexibility index (Phi) is 120. The van der Waals surface area contributed by atoms with E-state index >= 15 is 0 Å². The van der Waals surface area contributed by atoms with E-state index in [1.54, 1.807) is 0 Å². The Morgan fingerprint density at radius 1 is 0.122 bits per heavy atom. The van der Waals surface area contributed by atoms with Crippen molar-refractivity contribution in [3.63, 3.8) is 0 Å². The zero-order valence-corrected chi connectivity index (χ0v) is 20.7. The largest absolute Gasteiger partial charge is 0.631 e. The van der Waals surface area contributed by atoms with Gasteiger partial charge in [-0.1, -0.05) is 0 Å². The minimum atomic E-state index is -2.17. The van der Waals surface area contributed by atoms with Crippen molar-refractivity contribution in [3.8, 4) is 0 Å². The first kappa shape index (κ1) is 72.8. The molecule has 0 radical (unpaired) electrons. The highest BCUT2D eigenvalue weighted by Gasteiger charge is 1.95. The zero-order chi connectivity index (χ0) is 35.8. The fourth-order valence-corrected chi connectivity index (χ4v) is 0. The number of rotatable bonds is 0. The average molecular weight is 652 g/mol.